The molecule has 7 heteroatoms. The van der Waals surface area contributed by atoms with E-state index in [2.05, 4.69) is 41.8 Å². The first kappa shape index (κ1) is 15.1. The number of ether oxygens (including phenoxy) is 1. The fraction of sp³-hybridized carbons (Fsp3) is 0.231. The lowest BCUT2D eigenvalue weighted by molar-refractivity contribution is 0.372. The van der Waals surface area contributed by atoms with E-state index in [0.29, 0.717) is 31.9 Å². The summed E-state index contributed by atoms with van der Waals surface area (Å²) in [6.45, 7) is 1.99. The molecule has 5 nitrogen and oxygen atoms in total. The number of nitrogen functional groups attached to an aromatic ring is 1. The topological polar surface area (TPSA) is 81.3 Å². The van der Waals surface area contributed by atoms with Crippen LogP contribution in [0.15, 0.2) is 21.1 Å². The molecule has 1 aromatic carbocycles. The SMILES string of the molecule is CCc1nc(-c2cc(Br)c(O)c(OC)c2)nc(N)c1Br. The summed E-state index contributed by atoms with van der Waals surface area (Å²) in [6, 6.07) is 3.39. The van der Waals surface area contributed by atoms with E-state index in [-0.39, 0.29) is 5.75 Å². The van der Waals surface area contributed by atoms with Gasteiger partial charge in [0.1, 0.15) is 5.82 Å². The van der Waals surface area contributed by atoms with E-state index in [1.54, 1.807) is 12.1 Å². The molecule has 0 radical (unpaired) electrons. The molecular weight excluding hydrogens is 390 g/mol. The van der Waals surface area contributed by atoms with E-state index in [0.717, 1.165) is 12.1 Å². The summed E-state index contributed by atoms with van der Waals surface area (Å²) in [5, 5.41) is 9.82. The monoisotopic (exact) mass is 401 g/mol. The number of methoxy groups -OCH3 is 1. The Morgan fingerprint density at radius 3 is 2.60 bits per heavy atom. The van der Waals surface area contributed by atoms with Crippen molar-refractivity contribution in [1.29, 1.82) is 0 Å². The molecular formula is C13H13Br2N3O2. The minimum atomic E-state index is 0.0389. The average molecular weight is 403 g/mol. The second kappa shape index (κ2) is 5.97. The van der Waals surface area contributed by atoms with Crippen molar-refractivity contribution >= 4 is 37.7 Å². The molecule has 0 aliphatic rings. The Morgan fingerprint density at radius 1 is 1.30 bits per heavy atom. The average Bonchev–Trinajstić information content (AvgIpc) is 2.44. The number of phenols is 1. The van der Waals surface area contributed by atoms with Gasteiger partial charge in [-0.05, 0) is 50.4 Å². The third-order valence-electron chi connectivity index (χ3n) is 2.79. The van der Waals surface area contributed by atoms with Crippen LogP contribution < -0.4 is 10.5 Å². The number of anilines is 1. The van der Waals surface area contributed by atoms with Gasteiger partial charge in [-0.3, -0.25) is 0 Å². The first-order valence-corrected chi connectivity index (χ1v) is 7.45. The zero-order valence-corrected chi connectivity index (χ0v) is 14.1. The Morgan fingerprint density at radius 2 is 2.00 bits per heavy atom. The lowest BCUT2D eigenvalue weighted by Gasteiger charge is -2.10. The molecule has 0 fully saturated rings. The van der Waals surface area contributed by atoms with E-state index in [1.807, 2.05) is 6.92 Å². The Kier molecular flexibility index (Phi) is 4.49. The standard InChI is InChI=1S/C13H13Br2N3O2/c1-3-8-10(15)12(16)18-13(17-8)6-4-7(14)11(19)9(5-6)20-2/h4-5,19H,3H2,1-2H3,(H2,16,17,18). The van der Waals surface area contributed by atoms with E-state index >= 15 is 0 Å². The number of rotatable bonds is 3. The molecule has 0 saturated heterocycles. The van der Waals surface area contributed by atoms with Gasteiger partial charge in [-0.1, -0.05) is 6.92 Å². The minimum absolute atomic E-state index is 0.0389. The molecule has 0 atom stereocenters. The van der Waals surface area contributed by atoms with Crippen molar-refractivity contribution in [3.63, 3.8) is 0 Å². The third kappa shape index (κ3) is 2.73. The number of halogens is 2. The Hall–Kier alpha value is -1.34. The molecule has 0 amide bonds. The fourth-order valence-electron chi connectivity index (χ4n) is 1.73. The summed E-state index contributed by atoms with van der Waals surface area (Å²) in [5.41, 5.74) is 7.42. The quantitative estimate of drug-likeness (QED) is 0.820. The van der Waals surface area contributed by atoms with Crippen molar-refractivity contribution < 1.29 is 9.84 Å². The van der Waals surface area contributed by atoms with Gasteiger partial charge in [-0.25, -0.2) is 9.97 Å². The molecule has 0 saturated carbocycles. The molecule has 1 heterocycles. The summed E-state index contributed by atoms with van der Waals surface area (Å²) in [4.78, 5) is 8.73. The van der Waals surface area contributed by atoms with Gasteiger partial charge in [-0.2, -0.15) is 0 Å². The van der Waals surface area contributed by atoms with E-state index < -0.39 is 0 Å². The number of aromatic nitrogens is 2. The highest BCUT2D eigenvalue weighted by Gasteiger charge is 2.14. The van der Waals surface area contributed by atoms with Gasteiger partial charge in [0.2, 0.25) is 0 Å². The molecule has 0 bridgehead atoms. The molecule has 2 rings (SSSR count). The van der Waals surface area contributed by atoms with Crippen LogP contribution in [0.4, 0.5) is 5.82 Å². The third-order valence-corrected chi connectivity index (χ3v) is 4.26. The predicted molar refractivity (Wildman–Crippen MR) is 84.9 cm³/mol. The maximum absolute atomic E-state index is 9.82. The van der Waals surface area contributed by atoms with Crippen LogP contribution in [-0.4, -0.2) is 22.2 Å². The molecule has 2 aromatic rings. The van der Waals surface area contributed by atoms with Crippen LogP contribution >= 0.6 is 31.9 Å². The summed E-state index contributed by atoms with van der Waals surface area (Å²) >= 11 is 6.65. The van der Waals surface area contributed by atoms with Gasteiger partial charge in [0, 0.05) is 5.56 Å². The number of phenolic OH excluding ortho intramolecular Hbond substituents is 1. The highest BCUT2D eigenvalue weighted by Crippen LogP contribution is 2.38. The number of aromatic hydroxyl groups is 1. The molecule has 0 aliphatic carbocycles. The predicted octanol–water partition coefficient (Wildman–Crippen LogP) is 3.53. The van der Waals surface area contributed by atoms with Crippen LogP contribution in [0.1, 0.15) is 12.6 Å². The lowest BCUT2D eigenvalue weighted by Crippen LogP contribution is -2.02. The maximum atomic E-state index is 9.82. The van der Waals surface area contributed by atoms with Crippen molar-refractivity contribution in [1.82, 2.24) is 9.97 Å². The van der Waals surface area contributed by atoms with Crippen LogP contribution in [-0.2, 0) is 6.42 Å². The van der Waals surface area contributed by atoms with Gasteiger partial charge in [-0.15, -0.1) is 0 Å². The highest BCUT2D eigenvalue weighted by molar-refractivity contribution is 9.11. The number of aryl methyl sites for hydroxylation is 1. The summed E-state index contributed by atoms with van der Waals surface area (Å²) in [6.07, 6.45) is 0.733. The van der Waals surface area contributed by atoms with Crippen molar-refractivity contribution in [2.45, 2.75) is 13.3 Å². The van der Waals surface area contributed by atoms with Gasteiger partial charge in [0.25, 0.3) is 0 Å². The second-order valence-electron chi connectivity index (χ2n) is 4.06. The Labute approximate surface area is 133 Å². The number of nitrogens with two attached hydrogens (primary N) is 1. The van der Waals surface area contributed by atoms with Crippen LogP contribution in [0.5, 0.6) is 11.5 Å². The number of benzene rings is 1. The fourth-order valence-corrected chi connectivity index (χ4v) is 2.63. The largest absolute Gasteiger partial charge is 0.503 e. The molecule has 1 aromatic heterocycles. The van der Waals surface area contributed by atoms with Gasteiger partial charge in [0.15, 0.2) is 17.3 Å². The molecule has 0 spiro atoms. The van der Waals surface area contributed by atoms with Gasteiger partial charge in [0.05, 0.1) is 21.7 Å². The maximum Gasteiger partial charge on any atom is 0.172 e. The number of hydrogen-bond donors (Lipinski definition) is 2. The lowest BCUT2D eigenvalue weighted by atomic mass is 10.1. The minimum Gasteiger partial charge on any atom is -0.503 e. The van der Waals surface area contributed by atoms with Crippen molar-refractivity contribution in [2.75, 3.05) is 12.8 Å². The molecule has 0 unspecified atom stereocenters. The summed E-state index contributed by atoms with van der Waals surface area (Å²) < 4.78 is 6.35. The highest BCUT2D eigenvalue weighted by atomic mass is 79.9. The van der Waals surface area contributed by atoms with E-state index in [9.17, 15) is 5.11 Å². The molecule has 20 heavy (non-hydrogen) atoms. The number of hydrogen-bond acceptors (Lipinski definition) is 5. The zero-order chi connectivity index (χ0) is 14.9. The Bertz CT molecular complexity index is 605. The molecule has 0 aliphatic heterocycles. The first-order valence-electron chi connectivity index (χ1n) is 5.86. The first-order chi connectivity index (χ1) is 9.47. The van der Waals surface area contributed by atoms with Crippen LogP contribution in [0.25, 0.3) is 11.4 Å². The van der Waals surface area contributed by atoms with Crippen LogP contribution in [0.2, 0.25) is 0 Å². The van der Waals surface area contributed by atoms with E-state index in [4.69, 9.17) is 10.5 Å². The van der Waals surface area contributed by atoms with Crippen LogP contribution in [0, 0.1) is 0 Å². The van der Waals surface area contributed by atoms with Crippen molar-refractivity contribution in [3.05, 3.63) is 26.8 Å². The number of nitrogens with zero attached hydrogens (tertiary/aromatic N) is 2. The van der Waals surface area contributed by atoms with E-state index in [1.165, 1.54) is 7.11 Å². The zero-order valence-electron chi connectivity index (χ0n) is 10.9. The normalized spacial score (nSPS) is 10.6. The smallest absolute Gasteiger partial charge is 0.172 e. The van der Waals surface area contributed by atoms with Crippen LogP contribution in [0.3, 0.4) is 0 Å². The summed E-state index contributed by atoms with van der Waals surface area (Å²) in [5.74, 6) is 1.26. The van der Waals surface area contributed by atoms with Crippen molar-refractivity contribution in [2.24, 2.45) is 0 Å². The molecule has 3 N–H and O–H groups in total. The van der Waals surface area contributed by atoms with Gasteiger partial charge >= 0.3 is 0 Å². The Balaban J connectivity index is 2.62. The van der Waals surface area contributed by atoms with Crippen molar-refractivity contribution in [3.8, 4) is 22.9 Å². The molecule has 106 valence electrons. The second-order valence-corrected chi connectivity index (χ2v) is 5.70. The summed E-state index contributed by atoms with van der Waals surface area (Å²) in [7, 11) is 1.49. The van der Waals surface area contributed by atoms with Gasteiger partial charge < -0.3 is 15.6 Å².